The van der Waals surface area contributed by atoms with Crippen LogP contribution in [0.1, 0.15) is 7.43 Å². The van der Waals surface area contributed by atoms with Crippen LogP contribution >= 0.6 is 16.5 Å². The van der Waals surface area contributed by atoms with Gasteiger partial charge in [0.25, 0.3) is 0 Å². The van der Waals surface area contributed by atoms with Crippen molar-refractivity contribution in [3.05, 3.63) is 0 Å². The summed E-state index contributed by atoms with van der Waals surface area (Å²) in [5, 5.41) is 0. The van der Waals surface area contributed by atoms with E-state index in [1.807, 2.05) is 0 Å². The highest BCUT2D eigenvalue weighted by Crippen LogP contribution is 2.30. The molecule has 2 atom stereocenters. The van der Waals surface area contributed by atoms with Gasteiger partial charge in [-0.2, -0.15) is 0 Å². The second-order valence-electron chi connectivity index (χ2n) is 0.557. The van der Waals surface area contributed by atoms with Gasteiger partial charge in [0.05, 0.1) is 0 Å². The molecule has 0 bridgehead atoms. The minimum atomic E-state index is -2.92. The standard InChI is InChI=1S/CH4.O5P2/c;1-6(2)5-7(3)4/h1H4;/p+2. The summed E-state index contributed by atoms with van der Waals surface area (Å²) < 4.78 is 22.2. The highest BCUT2D eigenvalue weighted by molar-refractivity contribution is 7.46. The number of rotatable bonds is 2. The molecule has 8 heavy (non-hydrogen) atoms. The fourth-order valence-corrected chi connectivity index (χ4v) is 0.538. The van der Waals surface area contributed by atoms with Crippen LogP contribution in [0, 0.1) is 0 Å². The molecule has 0 saturated heterocycles. The van der Waals surface area contributed by atoms with Crippen LogP contribution in [-0.2, 0) is 13.4 Å². The Morgan fingerprint density at radius 3 is 1.38 bits per heavy atom. The van der Waals surface area contributed by atoms with E-state index in [1.165, 1.54) is 0 Å². The number of hydrogen-bond donors (Lipinski definition) is 2. The third kappa shape index (κ3) is 9.43. The zero-order valence-corrected chi connectivity index (χ0v) is 4.80. The van der Waals surface area contributed by atoms with Crippen molar-refractivity contribution in [3.63, 3.8) is 0 Å². The molecular formula is CH6O5P2+2. The van der Waals surface area contributed by atoms with Gasteiger partial charge in [-0.3, -0.25) is 0 Å². The Labute approximate surface area is 48.2 Å². The van der Waals surface area contributed by atoms with Gasteiger partial charge in [-0.25, -0.2) is 0 Å². The largest absolute Gasteiger partial charge is 0.745 e. The van der Waals surface area contributed by atoms with E-state index < -0.39 is 16.5 Å². The minimum Gasteiger partial charge on any atom is -0.131 e. The second-order valence-corrected chi connectivity index (χ2v) is 2.16. The zero-order valence-electron chi connectivity index (χ0n) is 3.01. The maximum atomic E-state index is 9.39. The average Bonchev–Trinajstić information content (AvgIpc) is 1.27. The average molecular weight is 160 g/mol. The van der Waals surface area contributed by atoms with Crippen LogP contribution in [-0.4, -0.2) is 9.79 Å². The predicted octanol–water partition coefficient (Wildman–Crippen LogP) is 0.938. The first kappa shape index (κ1) is 11.0. The fraction of sp³-hybridized carbons (Fsp3) is 1.00. The van der Waals surface area contributed by atoms with Crippen molar-refractivity contribution in [1.82, 2.24) is 0 Å². The highest BCUT2D eigenvalue weighted by atomic mass is 31.2. The van der Waals surface area contributed by atoms with E-state index in [-0.39, 0.29) is 7.43 Å². The quantitative estimate of drug-likeness (QED) is 0.587. The monoisotopic (exact) mass is 160 g/mol. The molecule has 0 rings (SSSR count). The van der Waals surface area contributed by atoms with Crippen molar-refractivity contribution < 1.29 is 23.2 Å². The first-order chi connectivity index (χ1) is 3.13. The SMILES string of the molecule is C.O=[P+](O)O[P+](=O)O. The smallest absolute Gasteiger partial charge is 0.131 e. The maximum Gasteiger partial charge on any atom is 0.745 e. The van der Waals surface area contributed by atoms with E-state index in [9.17, 15) is 9.13 Å². The zero-order chi connectivity index (χ0) is 5.86. The highest BCUT2D eigenvalue weighted by Gasteiger charge is 2.31. The Morgan fingerprint density at radius 2 is 1.38 bits per heavy atom. The van der Waals surface area contributed by atoms with E-state index in [1.54, 1.807) is 0 Å². The molecule has 0 saturated carbocycles. The van der Waals surface area contributed by atoms with Gasteiger partial charge in [0.15, 0.2) is 4.31 Å². The topological polar surface area (TPSA) is 83.8 Å². The second kappa shape index (κ2) is 5.22. The molecule has 48 valence electrons. The van der Waals surface area contributed by atoms with Gasteiger partial charge >= 0.3 is 16.5 Å². The van der Waals surface area contributed by atoms with Crippen LogP contribution in [0.25, 0.3) is 0 Å². The van der Waals surface area contributed by atoms with Gasteiger partial charge in [-0.05, 0) is 0 Å². The first-order valence-electron chi connectivity index (χ1n) is 1.13. The summed E-state index contributed by atoms with van der Waals surface area (Å²) in [5.74, 6) is 0. The molecule has 0 amide bonds. The Balaban J connectivity index is 0. The van der Waals surface area contributed by atoms with E-state index in [0.29, 0.717) is 0 Å². The van der Waals surface area contributed by atoms with Gasteiger partial charge in [-0.15, -0.1) is 9.79 Å². The summed E-state index contributed by atoms with van der Waals surface area (Å²) in [5.41, 5.74) is 0. The summed E-state index contributed by atoms with van der Waals surface area (Å²) in [6.07, 6.45) is 0. The predicted molar refractivity (Wildman–Crippen MR) is 27.5 cm³/mol. The van der Waals surface area contributed by atoms with Crippen molar-refractivity contribution in [2.75, 3.05) is 0 Å². The summed E-state index contributed by atoms with van der Waals surface area (Å²) in [6, 6.07) is 0. The van der Waals surface area contributed by atoms with E-state index >= 15 is 0 Å². The molecule has 2 unspecified atom stereocenters. The van der Waals surface area contributed by atoms with E-state index in [0.717, 1.165) is 0 Å². The molecule has 5 nitrogen and oxygen atoms in total. The molecular weight excluding hydrogens is 154 g/mol. The third-order valence-electron chi connectivity index (χ3n) is 0.140. The third-order valence-corrected chi connectivity index (χ3v) is 1.26. The molecule has 0 radical (unpaired) electrons. The molecule has 7 heteroatoms. The Kier molecular flexibility index (Phi) is 7.15. The lowest BCUT2D eigenvalue weighted by Crippen LogP contribution is -1.58. The lowest BCUT2D eigenvalue weighted by Gasteiger charge is -1.50. The van der Waals surface area contributed by atoms with Crippen molar-refractivity contribution in [3.8, 4) is 0 Å². The van der Waals surface area contributed by atoms with Gasteiger partial charge in [0, 0.05) is 9.13 Å². The first-order valence-corrected chi connectivity index (χ1v) is 3.39. The Bertz CT molecular complexity index is 86.6. The Hall–Kier alpha value is 0.0800. The Morgan fingerprint density at radius 1 is 1.12 bits per heavy atom. The lowest BCUT2D eigenvalue weighted by atomic mass is 12.0. The fourth-order valence-electron chi connectivity index (χ4n) is 0.0598. The normalized spacial score (nSPS) is 11.8. The minimum absolute atomic E-state index is 0. The molecule has 0 fully saturated rings. The lowest BCUT2D eigenvalue weighted by molar-refractivity contribution is 0.371. The molecule has 2 N–H and O–H groups in total. The van der Waals surface area contributed by atoms with Gasteiger partial charge in [0.1, 0.15) is 0 Å². The summed E-state index contributed by atoms with van der Waals surface area (Å²) in [4.78, 5) is 15.3. The summed E-state index contributed by atoms with van der Waals surface area (Å²) in [7, 11) is -5.85. The van der Waals surface area contributed by atoms with E-state index in [2.05, 4.69) is 4.31 Å². The molecule has 0 aliphatic heterocycles. The van der Waals surface area contributed by atoms with Gasteiger partial charge < -0.3 is 0 Å². The molecule has 0 heterocycles. The summed E-state index contributed by atoms with van der Waals surface area (Å²) >= 11 is 0. The summed E-state index contributed by atoms with van der Waals surface area (Å²) in [6.45, 7) is 0. The van der Waals surface area contributed by atoms with Crippen LogP contribution in [0.3, 0.4) is 0 Å². The molecule has 0 aromatic rings. The molecule has 0 aromatic heterocycles. The van der Waals surface area contributed by atoms with Crippen molar-refractivity contribution >= 4 is 16.5 Å². The van der Waals surface area contributed by atoms with Gasteiger partial charge in [-0.1, -0.05) is 7.43 Å². The van der Waals surface area contributed by atoms with Gasteiger partial charge in [0.2, 0.25) is 0 Å². The van der Waals surface area contributed by atoms with Crippen molar-refractivity contribution in [1.29, 1.82) is 0 Å². The maximum absolute atomic E-state index is 9.39. The van der Waals surface area contributed by atoms with Crippen LogP contribution in [0.5, 0.6) is 0 Å². The molecule has 0 spiro atoms. The molecule has 0 aliphatic rings. The van der Waals surface area contributed by atoms with Crippen LogP contribution in [0.15, 0.2) is 0 Å². The number of hydrogen-bond acceptors (Lipinski definition) is 3. The van der Waals surface area contributed by atoms with Crippen molar-refractivity contribution in [2.45, 2.75) is 7.43 Å². The van der Waals surface area contributed by atoms with Crippen molar-refractivity contribution in [2.24, 2.45) is 0 Å². The molecule has 0 aliphatic carbocycles. The van der Waals surface area contributed by atoms with E-state index in [4.69, 9.17) is 9.79 Å². The molecule has 0 aromatic carbocycles. The van der Waals surface area contributed by atoms with Crippen LogP contribution < -0.4 is 0 Å². The van der Waals surface area contributed by atoms with Crippen LogP contribution in [0.2, 0.25) is 0 Å². The van der Waals surface area contributed by atoms with Crippen LogP contribution in [0.4, 0.5) is 0 Å².